The monoisotopic (exact) mass is 424 g/mol. The minimum absolute atomic E-state index is 0.0511. The minimum Gasteiger partial charge on any atom is -0.355 e. The van der Waals surface area contributed by atoms with E-state index in [1.54, 1.807) is 11.3 Å². The molecule has 0 spiro atoms. The highest BCUT2D eigenvalue weighted by Gasteiger charge is 2.25. The fourth-order valence-electron chi connectivity index (χ4n) is 3.72. The van der Waals surface area contributed by atoms with E-state index in [-0.39, 0.29) is 18.2 Å². The molecule has 0 aliphatic heterocycles. The fourth-order valence-corrected chi connectivity index (χ4v) is 5.03. The van der Waals surface area contributed by atoms with Gasteiger partial charge in [-0.1, -0.05) is 32.9 Å². The van der Waals surface area contributed by atoms with Crippen LogP contribution in [-0.2, 0) is 22.4 Å². The predicted octanol–water partition coefficient (Wildman–Crippen LogP) is 4.66. The summed E-state index contributed by atoms with van der Waals surface area (Å²) in [6.07, 6.45) is 4.63. The number of imidazole rings is 1. The summed E-state index contributed by atoms with van der Waals surface area (Å²) in [5, 5.41) is 6.78. The van der Waals surface area contributed by atoms with E-state index in [1.165, 1.54) is 16.9 Å². The Labute approximate surface area is 180 Å². The van der Waals surface area contributed by atoms with E-state index < -0.39 is 5.41 Å². The number of para-hydroxylation sites is 2. The van der Waals surface area contributed by atoms with Gasteiger partial charge < -0.3 is 15.6 Å². The van der Waals surface area contributed by atoms with Crippen LogP contribution in [0.15, 0.2) is 24.3 Å². The molecule has 2 amide bonds. The van der Waals surface area contributed by atoms with E-state index in [4.69, 9.17) is 4.98 Å². The van der Waals surface area contributed by atoms with Crippen molar-refractivity contribution in [2.24, 2.45) is 5.41 Å². The summed E-state index contributed by atoms with van der Waals surface area (Å²) in [6.45, 7) is 5.90. The smallest absolute Gasteiger partial charge is 0.226 e. The Kier molecular flexibility index (Phi) is 5.64. The molecule has 0 radical (unpaired) electrons. The van der Waals surface area contributed by atoms with Crippen LogP contribution >= 0.6 is 11.3 Å². The molecule has 0 atom stereocenters. The Morgan fingerprint density at radius 1 is 1.17 bits per heavy atom. The number of hydrogen-bond acceptors (Lipinski definition) is 4. The second kappa shape index (κ2) is 8.22. The zero-order valence-corrected chi connectivity index (χ0v) is 18.5. The number of amides is 2. The van der Waals surface area contributed by atoms with Crippen LogP contribution in [0.3, 0.4) is 0 Å². The van der Waals surface area contributed by atoms with Gasteiger partial charge in [-0.05, 0) is 43.4 Å². The summed E-state index contributed by atoms with van der Waals surface area (Å²) in [6, 6.07) is 7.97. The number of anilines is 1. The molecule has 2 aromatic heterocycles. The molecule has 3 N–H and O–H groups in total. The molecule has 0 saturated carbocycles. The summed E-state index contributed by atoms with van der Waals surface area (Å²) >= 11 is 1.66. The Bertz CT molecular complexity index is 1060. The van der Waals surface area contributed by atoms with Crippen molar-refractivity contribution in [3.05, 3.63) is 34.7 Å². The Balaban J connectivity index is 1.55. The molecule has 0 unspecified atom stereocenters. The summed E-state index contributed by atoms with van der Waals surface area (Å²) in [5.41, 5.74) is 3.79. The average Bonchev–Trinajstić information content (AvgIpc) is 3.27. The lowest BCUT2D eigenvalue weighted by Gasteiger charge is -2.17. The number of benzene rings is 1. The van der Waals surface area contributed by atoms with Crippen LogP contribution in [0, 0.1) is 5.41 Å². The maximum absolute atomic E-state index is 12.6. The molecule has 4 rings (SSSR count). The summed E-state index contributed by atoms with van der Waals surface area (Å²) < 4.78 is 0. The van der Waals surface area contributed by atoms with Gasteiger partial charge in [-0.2, -0.15) is 0 Å². The summed E-state index contributed by atoms with van der Waals surface area (Å²) in [5.74, 6) is 0.664. The number of aryl methyl sites for hydroxylation is 1. The number of nitrogens with one attached hydrogen (secondary N) is 3. The van der Waals surface area contributed by atoms with E-state index in [0.29, 0.717) is 6.54 Å². The van der Waals surface area contributed by atoms with Gasteiger partial charge in [0.05, 0.1) is 16.6 Å². The van der Waals surface area contributed by atoms with E-state index in [9.17, 15) is 9.59 Å². The van der Waals surface area contributed by atoms with Gasteiger partial charge in [-0.25, -0.2) is 4.98 Å². The first-order valence-corrected chi connectivity index (χ1v) is 11.3. The molecule has 2 heterocycles. The first kappa shape index (κ1) is 20.6. The van der Waals surface area contributed by atoms with Crippen LogP contribution in [-0.4, -0.2) is 28.3 Å². The predicted molar refractivity (Wildman–Crippen MR) is 122 cm³/mol. The molecule has 7 heteroatoms. The maximum atomic E-state index is 12.6. The highest BCUT2D eigenvalue weighted by Crippen LogP contribution is 2.43. The first-order valence-electron chi connectivity index (χ1n) is 10.5. The Morgan fingerprint density at radius 2 is 1.93 bits per heavy atom. The Morgan fingerprint density at radius 3 is 2.70 bits per heavy atom. The number of carbonyl (C=O) groups excluding carboxylic acids is 2. The van der Waals surface area contributed by atoms with E-state index in [1.807, 2.05) is 45.0 Å². The van der Waals surface area contributed by atoms with Crippen LogP contribution in [0.4, 0.5) is 5.00 Å². The molecule has 3 aromatic rings. The number of fused-ring (bicyclic) bond motifs is 2. The second-order valence-corrected chi connectivity index (χ2v) is 9.93. The van der Waals surface area contributed by atoms with Gasteiger partial charge in [0.1, 0.15) is 10.8 Å². The normalized spacial score (nSPS) is 13.8. The number of aromatic nitrogens is 2. The van der Waals surface area contributed by atoms with Crippen molar-refractivity contribution in [3.8, 4) is 11.4 Å². The zero-order valence-electron chi connectivity index (χ0n) is 17.7. The van der Waals surface area contributed by atoms with Crippen molar-refractivity contribution in [2.75, 3.05) is 11.9 Å². The van der Waals surface area contributed by atoms with Crippen molar-refractivity contribution < 1.29 is 9.59 Å². The van der Waals surface area contributed by atoms with Crippen LogP contribution in [0.25, 0.3) is 22.4 Å². The molecule has 1 aliphatic rings. The van der Waals surface area contributed by atoms with Gasteiger partial charge in [0.15, 0.2) is 0 Å². The summed E-state index contributed by atoms with van der Waals surface area (Å²) in [4.78, 5) is 34.2. The van der Waals surface area contributed by atoms with Gasteiger partial charge in [-0.15, -0.1) is 11.3 Å². The molecule has 158 valence electrons. The standard InChI is InChI=1S/C23H28N4O2S/c1-23(2,3)22(29)24-13-12-18(28)27-21-19(14-8-4-7-11-17(14)30-21)20-25-15-9-5-6-10-16(15)26-20/h5-6,9-10H,4,7-8,11-13H2,1-3H3,(H,24,29)(H,25,26)(H,27,28). The lowest BCUT2D eigenvalue weighted by atomic mass is 9.95. The molecular weight excluding hydrogens is 396 g/mol. The number of carbonyl (C=O) groups is 2. The molecule has 1 aliphatic carbocycles. The van der Waals surface area contributed by atoms with Crippen LogP contribution in [0.1, 0.15) is 50.5 Å². The average molecular weight is 425 g/mol. The highest BCUT2D eigenvalue weighted by molar-refractivity contribution is 7.17. The summed E-state index contributed by atoms with van der Waals surface area (Å²) in [7, 11) is 0. The molecule has 30 heavy (non-hydrogen) atoms. The van der Waals surface area contributed by atoms with Crippen LogP contribution < -0.4 is 10.6 Å². The third kappa shape index (κ3) is 4.26. The SMILES string of the molecule is CC(C)(C)C(=O)NCCC(=O)Nc1sc2c(c1-c1nc3ccccc3[nH]1)CCCC2. The second-order valence-electron chi connectivity index (χ2n) is 8.82. The van der Waals surface area contributed by atoms with Crippen molar-refractivity contribution in [2.45, 2.75) is 52.9 Å². The largest absolute Gasteiger partial charge is 0.355 e. The van der Waals surface area contributed by atoms with Crippen molar-refractivity contribution in [3.63, 3.8) is 0 Å². The Hall–Kier alpha value is -2.67. The molecule has 0 bridgehead atoms. The lowest BCUT2D eigenvalue weighted by molar-refractivity contribution is -0.128. The third-order valence-electron chi connectivity index (χ3n) is 5.37. The number of rotatable bonds is 5. The van der Waals surface area contributed by atoms with Gasteiger partial charge in [0.25, 0.3) is 0 Å². The van der Waals surface area contributed by atoms with Gasteiger partial charge >= 0.3 is 0 Å². The molecule has 0 saturated heterocycles. The van der Waals surface area contributed by atoms with E-state index in [2.05, 4.69) is 15.6 Å². The van der Waals surface area contributed by atoms with E-state index >= 15 is 0 Å². The quantitative estimate of drug-likeness (QED) is 0.557. The zero-order chi connectivity index (χ0) is 21.3. The van der Waals surface area contributed by atoms with Gasteiger partial charge in [0.2, 0.25) is 11.8 Å². The number of hydrogen-bond donors (Lipinski definition) is 3. The lowest BCUT2D eigenvalue weighted by Crippen LogP contribution is -2.36. The van der Waals surface area contributed by atoms with Crippen molar-refractivity contribution in [1.82, 2.24) is 15.3 Å². The minimum atomic E-state index is -0.461. The number of aromatic amines is 1. The molecule has 6 nitrogen and oxygen atoms in total. The van der Waals surface area contributed by atoms with Gasteiger partial charge in [-0.3, -0.25) is 9.59 Å². The number of H-pyrrole nitrogens is 1. The topological polar surface area (TPSA) is 86.9 Å². The highest BCUT2D eigenvalue weighted by atomic mass is 32.1. The third-order valence-corrected chi connectivity index (χ3v) is 6.58. The van der Waals surface area contributed by atoms with Crippen LogP contribution in [0.5, 0.6) is 0 Å². The maximum Gasteiger partial charge on any atom is 0.226 e. The molecule has 1 aromatic carbocycles. The number of nitrogens with zero attached hydrogens (tertiary/aromatic N) is 1. The fraction of sp³-hybridized carbons (Fsp3) is 0.435. The first-order chi connectivity index (χ1) is 14.3. The van der Waals surface area contributed by atoms with E-state index in [0.717, 1.165) is 46.7 Å². The molecule has 0 fully saturated rings. The molecular formula is C23H28N4O2S. The van der Waals surface area contributed by atoms with Crippen LogP contribution in [0.2, 0.25) is 0 Å². The van der Waals surface area contributed by atoms with Crippen molar-refractivity contribution >= 4 is 39.2 Å². The van der Waals surface area contributed by atoms with Gasteiger partial charge in [0, 0.05) is 23.3 Å². The van der Waals surface area contributed by atoms with Crippen molar-refractivity contribution in [1.29, 1.82) is 0 Å². The number of thiophene rings is 1.